The molecule has 0 unspecified atom stereocenters. The monoisotopic (exact) mass is 425 g/mol. The fraction of sp³-hybridized carbons (Fsp3) is 0.273. The van der Waals surface area contributed by atoms with Crippen LogP contribution in [0, 0.1) is 0 Å². The van der Waals surface area contributed by atoms with Crippen LogP contribution in [0.15, 0.2) is 70.4 Å². The van der Waals surface area contributed by atoms with Gasteiger partial charge in [0.1, 0.15) is 0 Å². The summed E-state index contributed by atoms with van der Waals surface area (Å²) in [6, 6.07) is 13.3. The molecule has 0 atom stereocenters. The summed E-state index contributed by atoms with van der Waals surface area (Å²) in [7, 11) is -3.61. The number of hydrogen-bond acceptors (Lipinski definition) is 5. The molecule has 1 saturated heterocycles. The first kappa shape index (κ1) is 20.3. The van der Waals surface area contributed by atoms with Crippen molar-refractivity contribution in [1.29, 1.82) is 0 Å². The average molecular weight is 426 g/mol. The number of hydrogen-bond donors (Lipinski definition) is 1. The summed E-state index contributed by atoms with van der Waals surface area (Å²) in [6.45, 7) is 1.05. The van der Waals surface area contributed by atoms with Gasteiger partial charge in [0.2, 0.25) is 10.0 Å². The number of nitrogens with zero attached hydrogens (tertiary/aromatic N) is 2. The Labute approximate surface area is 175 Å². The molecule has 2 aromatic carbocycles. The van der Waals surface area contributed by atoms with Gasteiger partial charge in [0.25, 0.3) is 5.91 Å². The summed E-state index contributed by atoms with van der Waals surface area (Å²) in [6.07, 6.45) is 6.79. The minimum atomic E-state index is -3.61. The van der Waals surface area contributed by atoms with E-state index in [0.717, 1.165) is 31.2 Å². The largest absolute Gasteiger partial charge is 0.444 e. The van der Waals surface area contributed by atoms with Crippen LogP contribution in [-0.2, 0) is 10.0 Å². The Morgan fingerprint density at radius 3 is 2.40 bits per heavy atom. The van der Waals surface area contributed by atoms with Crippen molar-refractivity contribution in [3.8, 4) is 11.3 Å². The van der Waals surface area contributed by atoms with Gasteiger partial charge in [0, 0.05) is 29.9 Å². The van der Waals surface area contributed by atoms with Gasteiger partial charge >= 0.3 is 0 Å². The van der Waals surface area contributed by atoms with Crippen molar-refractivity contribution in [2.45, 2.75) is 30.6 Å². The van der Waals surface area contributed by atoms with Gasteiger partial charge in [-0.3, -0.25) is 4.79 Å². The molecular weight excluding hydrogens is 402 g/mol. The van der Waals surface area contributed by atoms with Gasteiger partial charge < -0.3 is 9.73 Å². The van der Waals surface area contributed by atoms with E-state index in [-0.39, 0.29) is 10.8 Å². The summed E-state index contributed by atoms with van der Waals surface area (Å²) in [5, 5.41) is 2.81. The van der Waals surface area contributed by atoms with Crippen LogP contribution in [0.4, 0.5) is 5.69 Å². The number of rotatable bonds is 5. The van der Waals surface area contributed by atoms with Crippen LogP contribution in [0.5, 0.6) is 0 Å². The quantitative estimate of drug-likeness (QED) is 0.663. The highest BCUT2D eigenvalue weighted by molar-refractivity contribution is 7.89. The number of benzene rings is 2. The molecule has 1 aliphatic rings. The van der Waals surface area contributed by atoms with Crippen LogP contribution in [0.1, 0.15) is 36.0 Å². The van der Waals surface area contributed by atoms with E-state index in [0.29, 0.717) is 30.1 Å². The smallest absolute Gasteiger partial charge is 0.255 e. The molecule has 1 amide bonds. The van der Waals surface area contributed by atoms with Gasteiger partial charge in [-0.15, -0.1) is 0 Å². The molecule has 0 radical (unpaired) electrons. The lowest BCUT2D eigenvalue weighted by Gasteiger charge is -2.20. The molecule has 4 rings (SSSR count). The average Bonchev–Trinajstić information content (AvgIpc) is 3.16. The second kappa shape index (κ2) is 8.81. The Morgan fingerprint density at radius 2 is 1.73 bits per heavy atom. The normalized spacial score (nSPS) is 15.5. The molecule has 0 bridgehead atoms. The van der Waals surface area contributed by atoms with E-state index in [2.05, 4.69) is 10.3 Å². The van der Waals surface area contributed by atoms with Crippen LogP contribution < -0.4 is 5.32 Å². The Kier molecular flexibility index (Phi) is 5.96. The number of amides is 1. The molecule has 1 aliphatic heterocycles. The van der Waals surface area contributed by atoms with Crippen LogP contribution in [0.2, 0.25) is 0 Å². The molecule has 0 aliphatic carbocycles. The van der Waals surface area contributed by atoms with Crippen LogP contribution in [0.3, 0.4) is 0 Å². The van der Waals surface area contributed by atoms with Crippen LogP contribution in [-0.4, -0.2) is 36.7 Å². The molecule has 3 aromatic rings. The van der Waals surface area contributed by atoms with E-state index in [9.17, 15) is 13.2 Å². The van der Waals surface area contributed by atoms with Crippen LogP contribution in [0.25, 0.3) is 11.3 Å². The van der Waals surface area contributed by atoms with Gasteiger partial charge in [0.05, 0.1) is 11.1 Å². The van der Waals surface area contributed by atoms with Gasteiger partial charge in [-0.25, -0.2) is 13.4 Å². The molecule has 8 heteroatoms. The molecule has 1 fully saturated rings. The molecule has 156 valence electrons. The topological polar surface area (TPSA) is 92.5 Å². The second-order valence-electron chi connectivity index (χ2n) is 7.24. The lowest BCUT2D eigenvalue weighted by atomic mass is 10.1. The Bertz CT molecular complexity index is 1100. The lowest BCUT2D eigenvalue weighted by Crippen LogP contribution is -2.32. The maximum atomic E-state index is 13.0. The zero-order valence-corrected chi connectivity index (χ0v) is 17.3. The SMILES string of the molecule is O=C(Nc1ccc(-c2cnco2)cc1)c1cccc(S(=O)(=O)N2CCCCCC2)c1. The van der Waals surface area contributed by atoms with Gasteiger partial charge in [-0.2, -0.15) is 4.31 Å². The number of carbonyl (C=O) groups excluding carboxylic acids is 1. The van der Waals surface area contributed by atoms with E-state index in [1.54, 1.807) is 36.5 Å². The van der Waals surface area contributed by atoms with Gasteiger partial charge in [0.15, 0.2) is 12.2 Å². The third kappa shape index (κ3) is 4.44. The second-order valence-corrected chi connectivity index (χ2v) is 9.18. The van der Waals surface area contributed by atoms with Crippen molar-refractivity contribution in [2.75, 3.05) is 18.4 Å². The molecule has 1 aromatic heterocycles. The molecule has 1 N–H and O–H groups in total. The first-order valence-electron chi connectivity index (χ1n) is 9.94. The fourth-order valence-electron chi connectivity index (χ4n) is 3.51. The number of anilines is 1. The minimum Gasteiger partial charge on any atom is -0.444 e. The van der Waals surface area contributed by atoms with Crippen LogP contribution >= 0.6 is 0 Å². The number of oxazole rings is 1. The third-order valence-electron chi connectivity index (χ3n) is 5.16. The van der Waals surface area contributed by atoms with Gasteiger partial charge in [-0.1, -0.05) is 18.9 Å². The van der Waals surface area contributed by atoms with E-state index in [1.807, 2.05) is 12.1 Å². The lowest BCUT2D eigenvalue weighted by molar-refractivity contribution is 0.102. The van der Waals surface area contributed by atoms with Crippen molar-refractivity contribution in [3.05, 3.63) is 66.7 Å². The summed E-state index contributed by atoms with van der Waals surface area (Å²) < 4.78 is 32.8. The first-order valence-corrected chi connectivity index (χ1v) is 11.4. The van der Waals surface area contributed by atoms with Crippen molar-refractivity contribution < 1.29 is 17.6 Å². The van der Waals surface area contributed by atoms with Crippen molar-refractivity contribution in [3.63, 3.8) is 0 Å². The van der Waals surface area contributed by atoms with E-state index < -0.39 is 10.0 Å². The van der Waals surface area contributed by atoms with E-state index in [1.165, 1.54) is 16.8 Å². The predicted molar refractivity (Wildman–Crippen MR) is 114 cm³/mol. The summed E-state index contributed by atoms with van der Waals surface area (Å²) >= 11 is 0. The Hall–Kier alpha value is -2.97. The molecule has 7 nitrogen and oxygen atoms in total. The van der Waals surface area contributed by atoms with Gasteiger partial charge in [-0.05, 0) is 55.3 Å². The highest BCUT2D eigenvalue weighted by Crippen LogP contribution is 2.23. The maximum Gasteiger partial charge on any atom is 0.255 e. The minimum absolute atomic E-state index is 0.151. The van der Waals surface area contributed by atoms with Crippen molar-refractivity contribution in [2.24, 2.45) is 0 Å². The number of nitrogens with one attached hydrogen (secondary N) is 1. The summed E-state index contributed by atoms with van der Waals surface area (Å²) in [5.41, 5.74) is 1.74. The fourth-order valence-corrected chi connectivity index (χ4v) is 5.07. The Morgan fingerprint density at radius 1 is 1.00 bits per heavy atom. The van der Waals surface area contributed by atoms with Crippen molar-refractivity contribution >= 4 is 21.6 Å². The van der Waals surface area contributed by atoms with E-state index in [4.69, 9.17) is 4.42 Å². The van der Waals surface area contributed by atoms with Crippen molar-refractivity contribution in [1.82, 2.24) is 9.29 Å². The maximum absolute atomic E-state index is 13.0. The zero-order chi connectivity index (χ0) is 21.0. The molecule has 30 heavy (non-hydrogen) atoms. The highest BCUT2D eigenvalue weighted by Gasteiger charge is 2.25. The first-order chi connectivity index (χ1) is 14.5. The third-order valence-corrected chi connectivity index (χ3v) is 7.05. The molecule has 0 saturated carbocycles. The van der Waals surface area contributed by atoms with E-state index >= 15 is 0 Å². The summed E-state index contributed by atoms with van der Waals surface area (Å²) in [5.74, 6) is 0.273. The highest BCUT2D eigenvalue weighted by atomic mass is 32.2. The number of carbonyl (C=O) groups is 1. The number of aromatic nitrogens is 1. The number of sulfonamides is 1. The molecule has 2 heterocycles. The summed E-state index contributed by atoms with van der Waals surface area (Å²) in [4.78, 5) is 16.7. The molecule has 0 spiro atoms. The Balaban J connectivity index is 1.50. The standard InChI is InChI=1S/C22H23N3O4S/c26-22(24-19-10-8-17(9-11-19)21-15-23-16-29-21)18-6-5-7-20(14-18)30(27,28)25-12-3-1-2-4-13-25/h5-11,14-16H,1-4,12-13H2,(H,24,26). The predicted octanol–water partition coefficient (Wildman–Crippen LogP) is 4.16. The molecular formula is C22H23N3O4S. The zero-order valence-electron chi connectivity index (χ0n) is 16.5.